The molecule has 1 spiro atoms. The number of fused-ring (bicyclic) bond motifs is 1. The van der Waals surface area contributed by atoms with E-state index in [1.807, 2.05) is 17.0 Å². The highest BCUT2D eigenvalue weighted by Gasteiger charge is 2.59. The Kier molecular flexibility index (Phi) is 4.13. The molecule has 1 aromatic rings. The molecule has 4 aliphatic rings. The first-order valence-corrected chi connectivity index (χ1v) is 11.8. The highest BCUT2D eigenvalue weighted by Crippen LogP contribution is 2.63. The van der Waals surface area contributed by atoms with Gasteiger partial charge in [-0.3, -0.25) is 4.79 Å². The van der Waals surface area contributed by atoms with Crippen LogP contribution in [-0.4, -0.2) is 43.2 Å². The molecule has 6 heteroatoms. The number of sulfonamides is 1. The fraction of sp³-hybridized carbons (Fsp3) is 0.667. The molecule has 1 unspecified atom stereocenters. The Morgan fingerprint density at radius 3 is 2.48 bits per heavy atom. The van der Waals surface area contributed by atoms with Crippen molar-refractivity contribution in [3.63, 3.8) is 0 Å². The molecule has 2 aliphatic carbocycles. The van der Waals surface area contributed by atoms with Gasteiger partial charge in [-0.15, -0.1) is 0 Å². The molecule has 2 saturated carbocycles. The van der Waals surface area contributed by atoms with E-state index in [4.69, 9.17) is 0 Å². The third-order valence-electron chi connectivity index (χ3n) is 7.29. The van der Waals surface area contributed by atoms with Crippen LogP contribution >= 0.6 is 0 Å². The Hall–Kier alpha value is -1.40. The zero-order valence-electron chi connectivity index (χ0n) is 15.8. The molecule has 0 radical (unpaired) electrons. The maximum atomic E-state index is 13.0. The predicted octanol–water partition coefficient (Wildman–Crippen LogP) is 2.94. The SMILES string of the molecule is O=C(C1CC12CCCC2)N1CCc2ccc(S(=O)(=O)N3CCCC3)cc2C1. The molecule has 2 aliphatic heterocycles. The second-order valence-corrected chi connectivity index (χ2v) is 10.8. The number of hydrogen-bond acceptors (Lipinski definition) is 3. The lowest BCUT2D eigenvalue weighted by molar-refractivity contribution is -0.134. The Balaban J connectivity index is 1.35. The molecular formula is C21H28N2O3S. The molecule has 1 saturated heterocycles. The van der Waals surface area contributed by atoms with Crippen molar-refractivity contribution in [1.29, 1.82) is 0 Å². The van der Waals surface area contributed by atoms with Gasteiger partial charge in [0, 0.05) is 32.1 Å². The molecule has 146 valence electrons. The van der Waals surface area contributed by atoms with E-state index in [9.17, 15) is 13.2 Å². The van der Waals surface area contributed by atoms with Crippen molar-refractivity contribution in [3.05, 3.63) is 29.3 Å². The van der Waals surface area contributed by atoms with Gasteiger partial charge in [-0.2, -0.15) is 4.31 Å². The van der Waals surface area contributed by atoms with Crippen LogP contribution in [0.25, 0.3) is 0 Å². The maximum absolute atomic E-state index is 13.0. The summed E-state index contributed by atoms with van der Waals surface area (Å²) < 4.78 is 27.3. The van der Waals surface area contributed by atoms with E-state index in [1.165, 1.54) is 31.2 Å². The van der Waals surface area contributed by atoms with Gasteiger partial charge in [-0.25, -0.2) is 8.42 Å². The van der Waals surface area contributed by atoms with Crippen molar-refractivity contribution in [3.8, 4) is 0 Å². The number of rotatable bonds is 3. The van der Waals surface area contributed by atoms with Gasteiger partial charge in [0.15, 0.2) is 0 Å². The van der Waals surface area contributed by atoms with Crippen molar-refractivity contribution in [2.45, 2.75) is 62.8 Å². The summed E-state index contributed by atoms with van der Waals surface area (Å²) in [5, 5.41) is 0. The second kappa shape index (κ2) is 6.31. The Bertz CT molecular complexity index is 867. The molecule has 0 bridgehead atoms. The van der Waals surface area contributed by atoms with Crippen molar-refractivity contribution < 1.29 is 13.2 Å². The topological polar surface area (TPSA) is 57.7 Å². The van der Waals surface area contributed by atoms with Crippen molar-refractivity contribution >= 4 is 15.9 Å². The molecule has 2 heterocycles. The monoisotopic (exact) mass is 388 g/mol. The number of amides is 1. The lowest BCUT2D eigenvalue weighted by Gasteiger charge is -2.30. The van der Waals surface area contributed by atoms with Crippen LogP contribution in [0.5, 0.6) is 0 Å². The largest absolute Gasteiger partial charge is 0.338 e. The van der Waals surface area contributed by atoms with Gasteiger partial charge in [-0.1, -0.05) is 18.9 Å². The summed E-state index contributed by atoms with van der Waals surface area (Å²) in [5.41, 5.74) is 2.51. The minimum atomic E-state index is -3.40. The molecule has 0 N–H and O–H groups in total. The van der Waals surface area contributed by atoms with Gasteiger partial charge in [0.2, 0.25) is 15.9 Å². The number of benzene rings is 1. The number of nitrogens with zero attached hydrogens (tertiary/aromatic N) is 2. The first kappa shape index (κ1) is 17.7. The Labute approximate surface area is 161 Å². The summed E-state index contributed by atoms with van der Waals surface area (Å²) in [7, 11) is -3.40. The van der Waals surface area contributed by atoms with E-state index in [0.29, 0.717) is 35.9 Å². The molecule has 1 amide bonds. The van der Waals surface area contributed by atoms with Gasteiger partial charge < -0.3 is 4.90 Å². The maximum Gasteiger partial charge on any atom is 0.243 e. The van der Waals surface area contributed by atoms with Gasteiger partial charge in [0.05, 0.1) is 4.90 Å². The summed E-state index contributed by atoms with van der Waals surface area (Å²) in [5.74, 6) is 0.522. The lowest BCUT2D eigenvalue weighted by Crippen LogP contribution is -2.38. The smallest absolute Gasteiger partial charge is 0.243 e. The fourth-order valence-electron chi connectivity index (χ4n) is 5.51. The number of carbonyl (C=O) groups is 1. The van der Waals surface area contributed by atoms with Gasteiger partial charge >= 0.3 is 0 Å². The summed E-state index contributed by atoms with van der Waals surface area (Å²) in [6.45, 7) is 2.56. The van der Waals surface area contributed by atoms with Crippen molar-refractivity contribution in [2.24, 2.45) is 11.3 Å². The second-order valence-electron chi connectivity index (χ2n) is 8.88. The summed E-state index contributed by atoms with van der Waals surface area (Å²) in [6.07, 6.45) is 8.74. The predicted molar refractivity (Wildman–Crippen MR) is 103 cm³/mol. The van der Waals surface area contributed by atoms with Crippen LogP contribution in [0.1, 0.15) is 56.1 Å². The molecule has 5 rings (SSSR count). The van der Waals surface area contributed by atoms with Crippen LogP contribution in [0.4, 0.5) is 0 Å². The van der Waals surface area contributed by atoms with E-state index in [0.717, 1.165) is 37.8 Å². The van der Waals surface area contributed by atoms with Gasteiger partial charge in [0.1, 0.15) is 0 Å². The van der Waals surface area contributed by atoms with Gasteiger partial charge in [-0.05, 0) is 67.2 Å². The zero-order chi connectivity index (χ0) is 18.6. The molecule has 0 aromatic heterocycles. The fourth-order valence-corrected chi connectivity index (χ4v) is 7.08. The molecule has 27 heavy (non-hydrogen) atoms. The van der Waals surface area contributed by atoms with E-state index < -0.39 is 10.0 Å². The number of carbonyl (C=O) groups excluding carboxylic acids is 1. The summed E-state index contributed by atoms with van der Waals surface area (Å²) >= 11 is 0. The number of hydrogen-bond donors (Lipinski definition) is 0. The van der Waals surface area contributed by atoms with Crippen LogP contribution in [0, 0.1) is 11.3 Å². The van der Waals surface area contributed by atoms with Crippen LogP contribution < -0.4 is 0 Å². The highest BCUT2D eigenvalue weighted by molar-refractivity contribution is 7.89. The first-order chi connectivity index (χ1) is 13.0. The molecule has 5 nitrogen and oxygen atoms in total. The lowest BCUT2D eigenvalue weighted by atomic mass is 9.97. The summed E-state index contributed by atoms with van der Waals surface area (Å²) in [6, 6.07) is 5.52. The standard InChI is InChI=1S/C21H28N2O3S/c24-20(19-14-21(19)8-1-2-9-21)22-12-7-16-5-6-18(13-17(16)15-22)27(25,26)23-10-3-4-11-23/h5-6,13,19H,1-4,7-12,14-15H2. The minimum Gasteiger partial charge on any atom is -0.338 e. The molecular weight excluding hydrogens is 360 g/mol. The third kappa shape index (κ3) is 2.92. The average molecular weight is 389 g/mol. The Morgan fingerprint density at radius 1 is 1.00 bits per heavy atom. The van der Waals surface area contributed by atoms with E-state index >= 15 is 0 Å². The van der Waals surface area contributed by atoms with Crippen LogP contribution in [0.15, 0.2) is 23.1 Å². The Morgan fingerprint density at radius 2 is 1.74 bits per heavy atom. The van der Waals surface area contributed by atoms with Gasteiger partial charge in [0.25, 0.3) is 0 Å². The summed E-state index contributed by atoms with van der Waals surface area (Å²) in [4.78, 5) is 15.4. The van der Waals surface area contributed by atoms with Crippen LogP contribution in [-0.2, 0) is 27.8 Å². The van der Waals surface area contributed by atoms with Crippen molar-refractivity contribution in [2.75, 3.05) is 19.6 Å². The quantitative estimate of drug-likeness (QED) is 0.800. The zero-order valence-corrected chi connectivity index (χ0v) is 16.6. The average Bonchev–Trinajstić information content (AvgIpc) is 3.06. The highest BCUT2D eigenvalue weighted by atomic mass is 32.2. The normalized spacial score (nSPS) is 27.1. The third-order valence-corrected chi connectivity index (χ3v) is 9.19. The minimum absolute atomic E-state index is 0.220. The van der Waals surface area contributed by atoms with E-state index in [1.54, 1.807) is 10.4 Å². The molecule has 1 aromatic carbocycles. The molecule has 3 fully saturated rings. The van der Waals surface area contributed by atoms with Crippen LogP contribution in [0.3, 0.4) is 0 Å². The van der Waals surface area contributed by atoms with Crippen LogP contribution in [0.2, 0.25) is 0 Å². The molecule has 1 atom stereocenters. The van der Waals surface area contributed by atoms with E-state index in [2.05, 4.69) is 0 Å². The first-order valence-electron chi connectivity index (χ1n) is 10.4. The van der Waals surface area contributed by atoms with Crippen molar-refractivity contribution in [1.82, 2.24) is 9.21 Å². The van der Waals surface area contributed by atoms with E-state index in [-0.39, 0.29) is 5.92 Å².